The summed E-state index contributed by atoms with van der Waals surface area (Å²) < 4.78 is 6.77. The van der Waals surface area contributed by atoms with Gasteiger partial charge < -0.3 is 10.1 Å². The normalized spacial score (nSPS) is 10.8. The van der Waals surface area contributed by atoms with Gasteiger partial charge in [-0.2, -0.15) is 5.26 Å². The number of non-ortho nitro benzene ring substituents is 1. The van der Waals surface area contributed by atoms with Crippen molar-refractivity contribution in [3.63, 3.8) is 0 Å². The van der Waals surface area contributed by atoms with Crippen molar-refractivity contribution < 1.29 is 14.5 Å². The lowest BCUT2D eigenvalue weighted by Crippen LogP contribution is -2.13. The van der Waals surface area contributed by atoms with Gasteiger partial charge in [-0.1, -0.05) is 46.3 Å². The second-order valence-corrected chi connectivity index (χ2v) is 7.33. The predicted molar refractivity (Wildman–Crippen MR) is 120 cm³/mol. The highest BCUT2D eigenvalue weighted by Crippen LogP contribution is 2.20. The van der Waals surface area contributed by atoms with Crippen LogP contribution in [0, 0.1) is 21.4 Å². The molecular weight excluding hydrogens is 462 g/mol. The van der Waals surface area contributed by atoms with Gasteiger partial charge in [-0.15, -0.1) is 0 Å². The lowest BCUT2D eigenvalue weighted by molar-refractivity contribution is -0.384. The standard InChI is InChI=1S/C23H16BrN3O4/c24-19-9-7-16(8-10-19)15-31-22-6-1-3-17(12-22)11-18(14-25)23(28)26-20-4-2-5-21(13-20)27(29)30/h1-13H,15H2,(H,26,28)/b18-11+. The van der Waals surface area contributed by atoms with Crippen LogP contribution in [0.5, 0.6) is 5.75 Å². The number of hydrogen-bond acceptors (Lipinski definition) is 5. The summed E-state index contributed by atoms with van der Waals surface area (Å²) in [6.45, 7) is 0.374. The molecule has 0 aliphatic heterocycles. The molecule has 8 heteroatoms. The monoisotopic (exact) mass is 477 g/mol. The van der Waals surface area contributed by atoms with Crippen LogP contribution in [0.3, 0.4) is 0 Å². The zero-order valence-electron chi connectivity index (χ0n) is 16.1. The number of nitriles is 1. The molecule has 3 aromatic carbocycles. The lowest BCUT2D eigenvalue weighted by atomic mass is 10.1. The Hall–Kier alpha value is -3.96. The Morgan fingerprint density at radius 1 is 1.13 bits per heavy atom. The van der Waals surface area contributed by atoms with E-state index in [0.717, 1.165) is 10.0 Å². The summed E-state index contributed by atoms with van der Waals surface area (Å²) in [6, 6.07) is 22.1. The molecule has 0 spiro atoms. The summed E-state index contributed by atoms with van der Waals surface area (Å²) in [5.74, 6) is -0.0720. The minimum atomic E-state index is -0.663. The number of rotatable bonds is 7. The predicted octanol–water partition coefficient (Wildman–Crippen LogP) is 5.48. The molecule has 0 aliphatic rings. The molecular formula is C23H16BrN3O4. The minimum absolute atomic E-state index is 0.142. The Balaban J connectivity index is 1.71. The van der Waals surface area contributed by atoms with Crippen LogP contribution in [0.15, 0.2) is 82.8 Å². The Morgan fingerprint density at radius 2 is 1.87 bits per heavy atom. The number of nitro groups is 1. The number of nitro benzene ring substituents is 1. The molecule has 3 rings (SSSR count). The summed E-state index contributed by atoms with van der Waals surface area (Å²) in [5, 5.41) is 22.8. The number of carbonyl (C=O) groups excluding carboxylic acids is 1. The highest BCUT2D eigenvalue weighted by Gasteiger charge is 2.12. The second kappa shape index (κ2) is 10.2. The van der Waals surface area contributed by atoms with E-state index in [2.05, 4.69) is 21.2 Å². The van der Waals surface area contributed by atoms with Crippen molar-refractivity contribution in [2.45, 2.75) is 6.61 Å². The Bertz CT molecular complexity index is 1180. The second-order valence-electron chi connectivity index (χ2n) is 6.42. The van der Waals surface area contributed by atoms with E-state index < -0.39 is 10.8 Å². The molecule has 3 aromatic rings. The molecule has 0 aliphatic carbocycles. The molecule has 0 unspecified atom stereocenters. The highest BCUT2D eigenvalue weighted by molar-refractivity contribution is 9.10. The van der Waals surface area contributed by atoms with Crippen molar-refractivity contribution in [3.05, 3.63) is 104 Å². The summed E-state index contributed by atoms with van der Waals surface area (Å²) in [6.07, 6.45) is 1.43. The molecule has 0 bridgehead atoms. The summed E-state index contributed by atoms with van der Waals surface area (Å²) in [5.41, 5.74) is 1.54. The molecule has 0 saturated heterocycles. The first-order chi connectivity index (χ1) is 14.9. The third kappa shape index (κ3) is 6.26. The van der Waals surface area contributed by atoms with E-state index in [1.165, 1.54) is 30.3 Å². The zero-order valence-corrected chi connectivity index (χ0v) is 17.7. The number of nitrogens with one attached hydrogen (secondary N) is 1. The molecule has 0 atom stereocenters. The zero-order chi connectivity index (χ0) is 22.2. The number of hydrogen-bond donors (Lipinski definition) is 1. The largest absolute Gasteiger partial charge is 0.489 e. The van der Waals surface area contributed by atoms with E-state index in [1.54, 1.807) is 24.3 Å². The van der Waals surface area contributed by atoms with Crippen molar-refractivity contribution in [2.75, 3.05) is 5.32 Å². The molecule has 0 fully saturated rings. The van der Waals surface area contributed by atoms with E-state index in [4.69, 9.17) is 4.74 Å². The molecule has 7 nitrogen and oxygen atoms in total. The number of anilines is 1. The number of halogens is 1. The number of benzene rings is 3. The lowest BCUT2D eigenvalue weighted by Gasteiger charge is -2.08. The van der Waals surface area contributed by atoms with Crippen LogP contribution in [-0.2, 0) is 11.4 Å². The number of nitrogens with zero attached hydrogens (tertiary/aromatic N) is 2. The van der Waals surface area contributed by atoms with E-state index in [-0.39, 0.29) is 16.9 Å². The Labute approximate surface area is 186 Å². The SMILES string of the molecule is N#C/C(=C\c1cccc(OCc2ccc(Br)cc2)c1)C(=O)Nc1cccc([N+](=O)[O-])c1. The van der Waals surface area contributed by atoms with E-state index >= 15 is 0 Å². The van der Waals surface area contributed by atoms with E-state index in [1.807, 2.05) is 30.3 Å². The van der Waals surface area contributed by atoms with Gasteiger partial charge in [0.25, 0.3) is 11.6 Å². The van der Waals surface area contributed by atoms with E-state index in [0.29, 0.717) is 17.9 Å². The van der Waals surface area contributed by atoms with Gasteiger partial charge in [0.05, 0.1) is 4.92 Å². The Morgan fingerprint density at radius 3 is 2.58 bits per heavy atom. The number of amides is 1. The van der Waals surface area contributed by atoms with Gasteiger partial charge in [0, 0.05) is 22.3 Å². The van der Waals surface area contributed by atoms with Gasteiger partial charge in [-0.05, 0) is 47.5 Å². The first-order valence-electron chi connectivity index (χ1n) is 9.09. The number of carbonyl (C=O) groups is 1. The van der Waals surface area contributed by atoms with Gasteiger partial charge in [-0.3, -0.25) is 14.9 Å². The third-order valence-electron chi connectivity index (χ3n) is 4.17. The van der Waals surface area contributed by atoms with Gasteiger partial charge in [0.2, 0.25) is 0 Å². The van der Waals surface area contributed by atoms with Gasteiger partial charge >= 0.3 is 0 Å². The fourth-order valence-corrected chi connectivity index (χ4v) is 2.92. The number of ether oxygens (including phenoxy) is 1. The molecule has 0 aromatic heterocycles. The van der Waals surface area contributed by atoms with E-state index in [9.17, 15) is 20.2 Å². The maximum absolute atomic E-state index is 12.4. The van der Waals surface area contributed by atoms with Crippen LogP contribution in [0.4, 0.5) is 11.4 Å². The summed E-state index contributed by atoms with van der Waals surface area (Å²) >= 11 is 3.39. The molecule has 0 radical (unpaired) electrons. The average Bonchev–Trinajstić information content (AvgIpc) is 2.77. The maximum atomic E-state index is 12.4. The molecule has 0 heterocycles. The maximum Gasteiger partial charge on any atom is 0.271 e. The van der Waals surface area contributed by atoms with Crippen molar-refractivity contribution in [2.24, 2.45) is 0 Å². The molecule has 154 valence electrons. The third-order valence-corrected chi connectivity index (χ3v) is 4.70. The molecule has 1 amide bonds. The summed E-state index contributed by atoms with van der Waals surface area (Å²) in [4.78, 5) is 22.8. The van der Waals surface area contributed by atoms with Crippen molar-refractivity contribution in [3.8, 4) is 11.8 Å². The van der Waals surface area contributed by atoms with Crippen LogP contribution in [0.25, 0.3) is 6.08 Å². The van der Waals surface area contributed by atoms with Crippen molar-refractivity contribution >= 4 is 39.3 Å². The van der Waals surface area contributed by atoms with Crippen LogP contribution in [0.1, 0.15) is 11.1 Å². The highest BCUT2D eigenvalue weighted by atomic mass is 79.9. The Kier molecular flexibility index (Phi) is 7.14. The van der Waals surface area contributed by atoms with Gasteiger partial charge in [0.1, 0.15) is 24.0 Å². The van der Waals surface area contributed by atoms with Gasteiger partial charge in [0.15, 0.2) is 0 Å². The molecule has 31 heavy (non-hydrogen) atoms. The first kappa shape index (κ1) is 21.7. The molecule has 1 N–H and O–H groups in total. The fraction of sp³-hybridized carbons (Fsp3) is 0.0435. The quantitative estimate of drug-likeness (QED) is 0.210. The van der Waals surface area contributed by atoms with Gasteiger partial charge in [-0.25, -0.2) is 0 Å². The minimum Gasteiger partial charge on any atom is -0.489 e. The van der Waals surface area contributed by atoms with Crippen molar-refractivity contribution in [1.29, 1.82) is 5.26 Å². The topological polar surface area (TPSA) is 105 Å². The summed E-state index contributed by atoms with van der Waals surface area (Å²) in [7, 11) is 0. The smallest absolute Gasteiger partial charge is 0.271 e. The van der Waals surface area contributed by atoms with Crippen LogP contribution in [0.2, 0.25) is 0 Å². The average molecular weight is 478 g/mol. The van der Waals surface area contributed by atoms with Crippen LogP contribution < -0.4 is 10.1 Å². The molecule has 0 saturated carbocycles. The fourth-order valence-electron chi connectivity index (χ4n) is 2.65. The first-order valence-corrected chi connectivity index (χ1v) is 9.89. The van der Waals surface area contributed by atoms with Crippen LogP contribution >= 0.6 is 15.9 Å². The van der Waals surface area contributed by atoms with Crippen molar-refractivity contribution in [1.82, 2.24) is 0 Å². The van der Waals surface area contributed by atoms with Crippen LogP contribution in [-0.4, -0.2) is 10.8 Å².